The lowest BCUT2D eigenvalue weighted by atomic mass is 10.1. The molecule has 0 saturated carbocycles. The van der Waals surface area contributed by atoms with Crippen molar-refractivity contribution in [3.05, 3.63) is 70.0 Å². The van der Waals surface area contributed by atoms with Crippen molar-refractivity contribution >= 4 is 28.4 Å². The molecule has 146 valence electrons. The number of hydrogen-bond acceptors (Lipinski definition) is 4. The molecule has 0 aliphatic heterocycles. The first-order valence-electron chi connectivity index (χ1n) is 9.08. The van der Waals surface area contributed by atoms with Crippen LogP contribution in [0.3, 0.4) is 0 Å². The second kappa shape index (κ2) is 8.65. The summed E-state index contributed by atoms with van der Waals surface area (Å²) in [6.07, 6.45) is 1.71. The van der Waals surface area contributed by atoms with Crippen molar-refractivity contribution in [1.82, 2.24) is 9.55 Å². The number of halogens is 2. The van der Waals surface area contributed by atoms with Crippen molar-refractivity contribution in [2.75, 3.05) is 0 Å². The summed E-state index contributed by atoms with van der Waals surface area (Å²) in [5.41, 5.74) is 0.506. The summed E-state index contributed by atoms with van der Waals surface area (Å²) < 4.78 is 28.2. The fourth-order valence-electron chi connectivity index (χ4n) is 2.85. The highest BCUT2D eigenvalue weighted by molar-refractivity contribution is 8.00. The predicted molar refractivity (Wildman–Crippen MR) is 107 cm³/mol. The zero-order chi connectivity index (χ0) is 20.3. The van der Waals surface area contributed by atoms with Gasteiger partial charge in [-0.1, -0.05) is 37.2 Å². The van der Waals surface area contributed by atoms with Crippen LogP contribution in [-0.4, -0.2) is 20.6 Å². The molecular formula is C21H20F2N2O2S. The van der Waals surface area contributed by atoms with E-state index >= 15 is 0 Å². The van der Waals surface area contributed by atoms with E-state index in [1.807, 2.05) is 6.92 Å². The normalized spacial score (nSPS) is 12.3. The van der Waals surface area contributed by atoms with Gasteiger partial charge in [0.05, 0.1) is 16.2 Å². The van der Waals surface area contributed by atoms with Gasteiger partial charge in [0.25, 0.3) is 5.56 Å². The van der Waals surface area contributed by atoms with Crippen molar-refractivity contribution in [2.24, 2.45) is 0 Å². The second-order valence-electron chi connectivity index (χ2n) is 6.48. The Hall–Kier alpha value is -2.54. The third-order valence-electron chi connectivity index (χ3n) is 4.42. The first kappa shape index (κ1) is 20.2. The molecule has 4 nitrogen and oxygen atoms in total. The van der Waals surface area contributed by atoms with Gasteiger partial charge in [0.1, 0.15) is 0 Å². The maximum Gasteiger partial charge on any atom is 0.262 e. The molecule has 28 heavy (non-hydrogen) atoms. The highest BCUT2D eigenvalue weighted by atomic mass is 32.2. The molecule has 0 saturated heterocycles. The summed E-state index contributed by atoms with van der Waals surface area (Å²) in [6.45, 7) is 4.20. The van der Waals surface area contributed by atoms with E-state index in [0.29, 0.717) is 22.6 Å². The number of Topliss-reactive ketones (excluding diaryl/α,β-unsaturated/α-hetero) is 1. The molecule has 0 N–H and O–H groups in total. The number of rotatable bonds is 7. The summed E-state index contributed by atoms with van der Waals surface area (Å²) in [6, 6.07) is 10.2. The average molecular weight is 402 g/mol. The molecule has 1 heterocycles. The lowest BCUT2D eigenvalue weighted by Crippen LogP contribution is -2.25. The summed E-state index contributed by atoms with van der Waals surface area (Å²) >= 11 is 1.15. The van der Waals surface area contributed by atoms with Gasteiger partial charge in [-0.25, -0.2) is 13.8 Å². The van der Waals surface area contributed by atoms with Crippen LogP contribution in [0.5, 0.6) is 0 Å². The molecule has 2 aromatic carbocycles. The fraction of sp³-hybridized carbons (Fsp3) is 0.286. The van der Waals surface area contributed by atoms with Crippen LogP contribution < -0.4 is 5.56 Å². The van der Waals surface area contributed by atoms with Gasteiger partial charge in [0.2, 0.25) is 0 Å². The maximum absolute atomic E-state index is 13.5. The van der Waals surface area contributed by atoms with Crippen molar-refractivity contribution < 1.29 is 13.6 Å². The molecule has 0 unspecified atom stereocenters. The molecule has 1 atom stereocenters. The lowest BCUT2D eigenvalue weighted by Gasteiger charge is -2.16. The average Bonchev–Trinajstić information content (AvgIpc) is 2.69. The van der Waals surface area contributed by atoms with E-state index in [9.17, 15) is 18.4 Å². The molecule has 0 aliphatic carbocycles. The van der Waals surface area contributed by atoms with E-state index in [1.54, 1.807) is 35.8 Å². The number of fused-ring (bicyclic) bond motifs is 1. The molecule has 0 aliphatic rings. The van der Waals surface area contributed by atoms with E-state index in [0.717, 1.165) is 36.7 Å². The third kappa shape index (κ3) is 4.14. The van der Waals surface area contributed by atoms with Gasteiger partial charge in [-0.15, -0.1) is 0 Å². The van der Waals surface area contributed by atoms with Gasteiger partial charge >= 0.3 is 0 Å². The quantitative estimate of drug-likeness (QED) is 0.322. The van der Waals surface area contributed by atoms with Gasteiger partial charge in [-0.3, -0.25) is 14.2 Å². The van der Waals surface area contributed by atoms with Gasteiger partial charge in [-0.2, -0.15) is 0 Å². The Morgan fingerprint density at radius 1 is 1.18 bits per heavy atom. The Labute approximate surface area is 165 Å². The van der Waals surface area contributed by atoms with Gasteiger partial charge < -0.3 is 0 Å². The number of carbonyl (C=O) groups is 1. The minimum absolute atomic E-state index is 0.0853. The van der Waals surface area contributed by atoms with E-state index in [1.165, 1.54) is 6.07 Å². The van der Waals surface area contributed by atoms with Crippen LogP contribution >= 0.6 is 11.8 Å². The number of thioether (sulfide) groups is 1. The van der Waals surface area contributed by atoms with E-state index in [2.05, 4.69) is 4.98 Å². The predicted octanol–water partition coefficient (Wildman–Crippen LogP) is 4.84. The molecule has 1 aromatic heterocycles. The SMILES string of the molecule is CCCCn1c(S[C@H](C)C(=O)c2ccc(F)c(F)c2)nc2ccccc2c1=O. The highest BCUT2D eigenvalue weighted by Gasteiger charge is 2.21. The van der Waals surface area contributed by atoms with Crippen LogP contribution in [0.15, 0.2) is 52.4 Å². The van der Waals surface area contributed by atoms with Crippen LogP contribution in [0, 0.1) is 11.6 Å². The summed E-state index contributed by atoms with van der Waals surface area (Å²) in [7, 11) is 0. The van der Waals surface area contributed by atoms with Crippen molar-refractivity contribution in [1.29, 1.82) is 0 Å². The topological polar surface area (TPSA) is 52.0 Å². The van der Waals surface area contributed by atoms with E-state index < -0.39 is 16.9 Å². The lowest BCUT2D eigenvalue weighted by molar-refractivity contribution is 0.0993. The van der Waals surface area contributed by atoms with Crippen LogP contribution in [0.4, 0.5) is 8.78 Å². The van der Waals surface area contributed by atoms with Crippen LogP contribution in [0.2, 0.25) is 0 Å². The smallest absolute Gasteiger partial charge is 0.262 e. The Kier molecular flexibility index (Phi) is 6.24. The second-order valence-corrected chi connectivity index (χ2v) is 7.78. The van der Waals surface area contributed by atoms with Crippen LogP contribution in [0.25, 0.3) is 10.9 Å². The van der Waals surface area contributed by atoms with Crippen LogP contribution in [-0.2, 0) is 6.54 Å². The number of benzene rings is 2. The molecule has 0 amide bonds. The monoisotopic (exact) mass is 402 g/mol. The Morgan fingerprint density at radius 2 is 1.93 bits per heavy atom. The van der Waals surface area contributed by atoms with Crippen molar-refractivity contribution in [3.8, 4) is 0 Å². The van der Waals surface area contributed by atoms with Crippen LogP contribution in [0.1, 0.15) is 37.0 Å². The number of para-hydroxylation sites is 1. The minimum Gasteiger partial charge on any atom is -0.293 e. The number of unbranched alkanes of at least 4 members (excludes halogenated alkanes) is 1. The summed E-state index contributed by atoms with van der Waals surface area (Å²) in [5, 5.41) is 0.355. The summed E-state index contributed by atoms with van der Waals surface area (Å²) in [4.78, 5) is 30.1. The Balaban J connectivity index is 1.96. The van der Waals surface area contributed by atoms with Gasteiger partial charge in [0.15, 0.2) is 22.6 Å². The molecule has 0 radical (unpaired) electrons. The first-order chi connectivity index (χ1) is 13.4. The Morgan fingerprint density at radius 3 is 2.64 bits per heavy atom. The molecule has 0 bridgehead atoms. The molecule has 3 rings (SSSR count). The van der Waals surface area contributed by atoms with Crippen molar-refractivity contribution in [3.63, 3.8) is 0 Å². The highest BCUT2D eigenvalue weighted by Crippen LogP contribution is 2.26. The molecule has 7 heteroatoms. The van der Waals surface area contributed by atoms with E-state index in [4.69, 9.17) is 0 Å². The molecule has 0 fully saturated rings. The molecular weight excluding hydrogens is 382 g/mol. The fourth-order valence-corrected chi connectivity index (χ4v) is 3.86. The summed E-state index contributed by atoms with van der Waals surface area (Å²) in [5.74, 6) is -2.42. The zero-order valence-corrected chi connectivity index (χ0v) is 16.4. The number of carbonyl (C=O) groups excluding carboxylic acids is 1. The largest absolute Gasteiger partial charge is 0.293 e. The standard InChI is InChI=1S/C21H20F2N2O2S/c1-3-4-11-25-20(27)15-7-5-6-8-18(15)24-21(25)28-13(2)19(26)14-9-10-16(22)17(23)12-14/h5-10,12-13H,3-4,11H2,1-2H3/t13-/m1/s1. The molecule has 0 spiro atoms. The minimum atomic E-state index is -1.06. The van der Waals surface area contributed by atoms with Gasteiger partial charge in [-0.05, 0) is 43.7 Å². The maximum atomic E-state index is 13.5. The zero-order valence-electron chi connectivity index (χ0n) is 15.6. The first-order valence-corrected chi connectivity index (χ1v) is 9.95. The number of ketones is 1. The number of aromatic nitrogens is 2. The van der Waals surface area contributed by atoms with Crippen molar-refractivity contribution in [2.45, 2.75) is 43.6 Å². The number of nitrogens with zero attached hydrogens (tertiary/aromatic N) is 2. The molecule has 3 aromatic rings. The third-order valence-corrected chi connectivity index (χ3v) is 5.51. The van der Waals surface area contributed by atoms with Gasteiger partial charge in [0, 0.05) is 12.1 Å². The van der Waals surface area contributed by atoms with E-state index in [-0.39, 0.29) is 16.9 Å². The Bertz CT molecular complexity index is 1080. The number of hydrogen-bond donors (Lipinski definition) is 0.